The number of benzene rings is 1. The highest BCUT2D eigenvalue weighted by Gasteiger charge is 2.19. The first kappa shape index (κ1) is 19.1. The molecule has 154 valence electrons. The molecular formula is C21H22N6O2S. The Morgan fingerprint density at radius 2 is 1.77 bits per heavy atom. The zero-order valence-corrected chi connectivity index (χ0v) is 17.3. The van der Waals surface area contributed by atoms with E-state index in [0.717, 1.165) is 37.2 Å². The Morgan fingerprint density at radius 1 is 0.900 bits per heavy atom. The molecule has 1 fully saturated rings. The van der Waals surface area contributed by atoms with Crippen LogP contribution in [0.5, 0.6) is 0 Å². The quantitative estimate of drug-likeness (QED) is 0.396. The highest BCUT2D eigenvalue weighted by atomic mass is 32.2. The molecule has 0 bridgehead atoms. The van der Waals surface area contributed by atoms with Crippen LogP contribution < -0.4 is 0 Å². The first-order valence-corrected chi connectivity index (χ1v) is 11.0. The Kier molecular flexibility index (Phi) is 5.62. The van der Waals surface area contributed by atoms with E-state index in [1.54, 1.807) is 30.2 Å². The molecule has 0 N–H and O–H groups in total. The summed E-state index contributed by atoms with van der Waals surface area (Å²) in [6.07, 6.45) is 4.09. The molecule has 0 spiro atoms. The van der Waals surface area contributed by atoms with Gasteiger partial charge in [-0.2, -0.15) is 0 Å². The van der Waals surface area contributed by atoms with E-state index in [1.807, 2.05) is 6.07 Å². The van der Waals surface area contributed by atoms with Crippen LogP contribution in [-0.4, -0.2) is 43.0 Å². The van der Waals surface area contributed by atoms with Crippen molar-refractivity contribution >= 4 is 11.8 Å². The summed E-state index contributed by atoms with van der Waals surface area (Å²) < 4.78 is 13.2. The molecule has 4 heterocycles. The van der Waals surface area contributed by atoms with Crippen molar-refractivity contribution in [2.45, 2.75) is 36.8 Å². The fourth-order valence-electron chi connectivity index (χ4n) is 3.55. The Bertz CT molecular complexity index is 1070. The average molecular weight is 423 g/mol. The van der Waals surface area contributed by atoms with Crippen molar-refractivity contribution in [1.29, 1.82) is 0 Å². The van der Waals surface area contributed by atoms with Crippen LogP contribution in [0.15, 0.2) is 62.7 Å². The monoisotopic (exact) mass is 422 g/mol. The summed E-state index contributed by atoms with van der Waals surface area (Å²) in [5.74, 6) is 2.99. The molecule has 0 radical (unpaired) electrons. The molecule has 0 unspecified atom stereocenters. The summed E-state index contributed by atoms with van der Waals surface area (Å²) in [4.78, 5) is 2.44. The van der Waals surface area contributed by atoms with Gasteiger partial charge in [-0.3, -0.25) is 4.90 Å². The van der Waals surface area contributed by atoms with E-state index in [2.05, 4.69) is 54.1 Å². The third-order valence-corrected chi connectivity index (χ3v) is 6.02. The molecule has 1 aromatic carbocycles. The van der Waals surface area contributed by atoms with Gasteiger partial charge in [0.05, 0.1) is 25.1 Å². The van der Waals surface area contributed by atoms with Crippen molar-refractivity contribution in [3.8, 4) is 11.7 Å². The molecule has 0 aliphatic carbocycles. The molecule has 30 heavy (non-hydrogen) atoms. The van der Waals surface area contributed by atoms with E-state index >= 15 is 0 Å². The second kappa shape index (κ2) is 8.85. The van der Waals surface area contributed by atoms with Crippen LogP contribution in [0.4, 0.5) is 0 Å². The van der Waals surface area contributed by atoms with Gasteiger partial charge in [0, 0.05) is 0 Å². The van der Waals surface area contributed by atoms with Crippen LogP contribution in [0.3, 0.4) is 0 Å². The average Bonchev–Trinajstić information content (AvgIpc) is 3.57. The summed E-state index contributed by atoms with van der Waals surface area (Å²) in [6.45, 7) is 3.81. The molecule has 3 aromatic heterocycles. The number of nitrogens with zero attached hydrogens (tertiary/aromatic N) is 6. The van der Waals surface area contributed by atoms with Crippen molar-refractivity contribution in [2.75, 3.05) is 13.1 Å². The molecule has 8 nitrogen and oxygen atoms in total. The summed E-state index contributed by atoms with van der Waals surface area (Å²) in [5, 5.41) is 18.0. The first-order valence-electron chi connectivity index (χ1n) is 10.0. The molecule has 0 saturated carbocycles. The maximum atomic E-state index is 5.72. The van der Waals surface area contributed by atoms with E-state index in [-0.39, 0.29) is 0 Å². The fourth-order valence-corrected chi connectivity index (χ4v) is 4.34. The number of hydrogen-bond donors (Lipinski definition) is 0. The molecule has 9 heteroatoms. The number of furan rings is 1. The van der Waals surface area contributed by atoms with Crippen LogP contribution in [-0.2, 0) is 18.8 Å². The minimum atomic E-state index is 0.385. The summed E-state index contributed by atoms with van der Waals surface area (Å²) in [6, 6.07) is 14.0. The van der Waals surface area contributed by atoms with Gasteiger partial charge in [0.1, 0.15) is 5.82 Å². The molecule has 1 aliphatic rings. The van der Waals surface area contributed by atoms with Crippen molar-refractivity contribution < 1.29 is 8.83 Å². The minimum absolute atomic E-state index is 0.385. The minimum Gasteiger partial charge on any atom is -0.459 e. The van der Waals surface area contributed by atoms with Gasteiger partial charge >= 0.3 is 0 Å². The maximum Gasteiger partial charge on any atom is 0.283 e. The van der Waals surface area contributed by atoms with Crippen LogP contribution in [0, 0.1) is 0 Å². The van der Waals surface area contributed by atoms with Crippen LogP contribution in [0.25, 0.3) is 11.7 Å². The predicted molar refractivity (Wildman–Crippen MR) is 112 cm³/mol. The zero-order chi connectivity index (χ0) is 20.2. The van der Waals surface area contributed by atoms with Crippen molar-refractivity contribution in [3.05, 3.63) is 66.0 Å². The Labute approximate surface area is 178 Å². The van der Waals surface area contributed by atoms with E-state index < -0.39 is 0 Å². The SMILES string of the molecule is c1ccc(Cn2c(CN3CCCC3)nnc2SCc2nnc(-c3ccco3)o2)cc1. The van der Waals surface area contributed by atoms with E-state index in [9.17, 15) is 0 Å². The lowest BCUT2D eigenvalue weighted by Gasteiger charge is -2.16. The number of likely N-dealkylation sites (tertiary alicyclic amines) is 1. The second-order valence-corrected chi connectivity index (χ2v) is 8.16. The normalized spacial score (nSPS) is 14.5. The molecular weight excluding hydrogens is 400 g/mol. The van der Waals surface area contributed by atoms with E-state index in [4.69, 9.17) is 8.83 Å². The Hall–Kier alpha value is -2.91. The molecule has 0 atom stereocenters. The number of rotatable bonds is 8. The van der Waals surface area contributed by atoms with Gasteiger partial charge in [0.2, 0.25) is 5.89 Å². The second-order valence-electron chi connectivity index (χ2n) is 7.22. The largest absolute Gasteiger partial charge is 0.459 e. The van der Waals surface area contributed by atoms with Crippen molar-refractivity contribution in [3.63, 3.8) is 0 Å². The summed E-state index contributed by atoms with van der Waals surface area (Å²) in [7, 11) is 0. The highest BCUT2D eigenvalue weighted by Crippen LogP contribution is 2.25. The lowest BCUT2D eigenvalue weighted by Crippen LogP contribution is -2.21. The third-order valence-electron chi connectivity index (χ3n) is 5.06. The fraction of sp³-hybridized carbons (Fsp3) is 0.333. The number of thioether (sulfide) groups is 1. The molecule has 1 saturated heterocycles. The zero-order valence-electron chi connectivity index (χ0n) is 16.5. The van der Waals surface area contributed by atoms with Crippen LogP contribution in [0.2, 0.25) is 0 Å². The van der Waals surface area contributed by atoms with Gasteiger partial charge in [-0.15, -0.1) is 20.4 Å². The van der Waals surface area contributed by atoms with Gasteiger partial charge in [-0.25, -0.2) is 0 Å². The predicted octanol–water partition coefficient (Wildman–Crippen LogP) is 3.86. The van der Waals surface area contributed by atoms with Crippen LogP contribution >= 0.6 is 11.8 Å². The van der Waals surface area contributed by atoms with Gasteiger partial charge in [-0.1, -0.05) is 42.1 Å². The molecule has 4 aromatic rings. The van der Waals surface area contributed by atoms with Gasteiger partial charge in [0.25, 0.3) is 5.89 Å². The number of aromatic nitrogens is 5. The van der Waals surface area contributed by atoms with E-state index in [1.165, 1.54) is 18.4 Å². The van der Waals surface area contributed by atoms with Gasteiger partial charge in [0.15, 0.2) is 10.9 Å². The van der Waals surface area contributed by atoms with E-state index in [0.29, 0.717) is 23.3 Å². The summed E-state index contributed by atoms with van der Waals surface area (Å²) in [5.41, 5.74) is 1.22. The highest BCUT2D eigenvalue weighted by molar-refractivity contribution is 7.98. The standard InChI is InChI=1S/C21H22N6O2S/c1-2-7-16(8-3-1)13-27-18(14-26-10-4-5-11-26)22-25-21(27)30-15-19-23-24-20(29-19)17-9-6-12-28-17/h1-3,6-9,12H,4-5,10-11,13-15H2. The molecule has 5 rings (SSSR count). The maximum absolute atomic E-state index is 5.72. The number of hydrogen-bond acceptors (Lipinski definition) is 8. The summed E-state index contributed by atoms with van der Waals surface area (Å²) >= 11 is 1.55. The van der Waals surface area contributed by atoms with Crippen molar-refractivity contribution in [1.82, 2.24) is 29.9 Å². The van der Waals surface area contributed by atoms with Gasteiger partial charge < -0.3 is 13.4 Å². The van der Waals surface area contributed by atoms with Gasteiger partial charge in [-0.05, 0) is 43.6 Å². The molecule has 0 amide bonds. The van der Waals surface area contributed by atoms with Crippen LogP contribution in [0.1, 0.15) is 30.1 Å². The molecule has 1 aliphatic heterocycles. The Morgan fingerprint density at radius 3 is 2.57 bits per heavy atom. The topological polar surface area (TPSA) is 86.0 Å². The van der Waals surface area contributed by atoms with Crippen molar-refractivity contribution in [2.24, 2.45) is 0 Å². The Balaban J connectivity index is 1.33. The lowest BCUT2D eigenvalue weighted by molar-refractivity contribution is 0.316. The first-order chi connectivity index (χ1) is 14.8. The third kappa shape index (κ3) is 4.31. The lowest BCUT2D eigenvalue weighted by atomic mass is 10.2. The smallest absolute Gasteiger partial charge is 0.283 e.